The van der Waals surface area contributed by atoms with Gasteiger partial charge in [-0.3, -0.25) is 0 Å². The molecule has 0 saturated carbocycles. The van der Waals surface area contributed by atoms with Crippen LogP contribution >= 0.6 is 0 Å². The van der Waals surface area contributed by atoms with Crippen molar-refractivity contribution in [2.75, 3.05) is 0 Å². The Morgan fingerprint density at radius 1 is 0.404 bits per heavy atom. The van der Waals surface area contributed by atoms with Crippen LogP contribution in [0.5, 0.6) is 0 Å². The Morgan fingerprint density at radius 2 is 0.904 bits per heavy atom. The van der Waals surface area contributed by atoms with E-state index in [-0.39, 0.29) is 0 Å². The molecule has 0 saturated heterocycles. The van der Waals surface area contributed by atoms with Crippen molar-refractivity contribution in [1.29, 1.82) is 0 Å². The normalized spacial score (nSPS) is 11.4. The summed E-state index contributed by atoms with van der Waals surface area (Å²) in [6, 6.07) is 58.1. The van der Waals surface area contributed by atoms with Gasteiger partial charge >= 0.3 is 0 Å². The first-order valence-electron chi connectivity index (χ1n) is 17.2. The smallest absolute Gasteiger partial charge is 0.188 e. The molecule has 0 aliphatic heterocycles. The quantitative estimate of drug-likeness (QED) is 0.172. The SMILES string of the molecule is [C-]#[N+]c1ccc2c(c1)c1ccccc1n2-c1cc2c3ccccc3n(-c3ccccc3)c2cc1-c1nc(-c2ccccc2)nc(-c2ccccc2)n1. The second kappa shape index (κ2) is 11.9. The predicted molar refractivity (Wildman–Crippen MR) is 211 cm³/mol. The minimum absolute atomic E-state index is 0.568. The summed E-state index contributed by atoms with van der Waals surface area (Å²) in [4.78, 5) is 19.3. The fourth-order valence-electron chi connectivity index (χ4n) is 7.44. The van der Waals surface area contributed by atoms with E-state index in [1.807, 2.05) is 78.9 Å². The Morgan fingerprint density at radius 3 is 1.52 bits per heavy atom. The Labute approximate surface area is 299 Å². The summed E-state index contributed by atoms with van der Waals surface area (Å²) < 4.78 is 4.62. The van der Waals surface area contributed by atoms with Crippen molar-refractivity contribution >= 4 is 49.3 Å². The summed E-state index contributed by atoms with van der Waals surface area (Å²) in [5, 5.41) is 4.36. The van der Waals surface area contributed by atoms with Gasteiger partial charge in [0.05, 0.1) is 34.3 Å². The van der Waals surface area contributed by atoms with Gasteiger partial charge in [-0.05, 0) is 53.9 Å². The molecule has 0 unspecified atom stereocenters. The molecule has 0 spiro atoms. The highest BCUT2D eigenvalue weighted by molar-refractivity contribution is 6.14. The van der Waals surface area contributed by atoms with Gasteiger partial charge in [0, 0.05) is 38.5 Å². The lowest BCUT2D eigenvalue weighted by Crippen LogP contribution is -2.04. The molecular weight excluding hydrogens is 637 g/mol. The van der Waals surface area contributed by atoms with Crippen molar-refractivity contribution in [1.82, 2.24) is 24.1 Å². The van der Waals surface area contributed by atoms with Gasteiger partial charge in [-0.1, -0.05) is 121 Å². The number of aromatic nitrogens is 5. The maximum atomic E-state index is 7.76. The van der Waals surface area contributed by atoms with Crippen molar-refractivity contribution in [3.05, 3.63) is 181 Å². The molecule has 0 N–H and O–H groups in total. The number of rotatable bonds is 5. The summed E-state index contributed by atoms with van der Waals surface area (Å²) in [6.45, 7) is 7.76. The minimum atomic E-state index is 0.568. The number of fused-ring (bicyclic) bond motifs is 6. The molecule has 52 heavy (non-hydrogen) atoms. The molecule has 0 radical (unpaired) electrons. The first-order chi connectivity index (χ1) is 25.7. The van der Waals surface area contributed by atoms with Crippen molar-refractivity contribution in [2.45, 2.75) is 0 Å². The zero-order chi connectivity index (χ0) is 34.6. The molecule has 3 heterocycles. The molecular formula is C46H28N6. The third kappa shape index (κ3) is 4.68. The van der Waals surface area contributed by atoms with Crippen LogP contribution in [-0.4, -0.2) is 24.1 Å². The Hall–Kier alpha value is -7.36. The third-order valence-electron chi connectivity index (χ3n) is 9.77. The molecule has 10 aromatic rings. The van der Waals surface area contributed by atoms with Crippen LogP contribution < -0.4 is 0 Å². The zero-order valence-electron chi connectivity index (χ0n) is 27.8. The first-order valence-corrected chi connectivity index (χ1v) is 17.2. The molecule has 3 aromatic heterocycles. The molecule has 0 aliphatic rings. The van der Waals surface area contributed by atoms with E-state index < -0.39 is 0 Å². The summed E-state index contributed by atoms with van der Waals surface area (Å²) in [5.41, 5.74) is 9.49. The van der Waals surface area contributed by atoms with Crippen LogP contribution in [0, 0.1) is 6.57 Å². The second-order valence-corrected chi connectivity index (χ2v) is 12.8. The van der Waals surface area contributed by atoms with Gasteiger partial charge in [-0.2, -0.15) is 0 Å². The molecule has 0 bridgehead atoms. The van der Waals surface area contributed by atoms with Crippen molar-refractivity contribution in [3.8, 4) is 45.5 Å². The van der Waals surface area contributed by atoms with E-state index in [0.717, 1.165) is 71.7 Å². The van der Waals surface area contributed by atoms with Crippen LogP contribution in [0.4, 0.5) is 5.69 Å². The molecule has 6 nitrogen and oxygen atoms in total. The molecule has 0 amide bonds. The summed E-state index contributed by atoms with van der Waals surface area (Å²) in [5.74, 6) is 1.77. The van der Waals surface area contributed by atoms with Gasteiger partial charge in [0.25, 0.3) is 0 Å². The van der Waals surface area contributed by atoms with E-state index in [9.17, 15) is 0 Å². The van der Waals surface area contributed by atoms with Crippen molar-refractivity contribution < 1.29 is 0 Å². The van der Waals surface area contributed by atoms with Crippen LogP contribution in [0.15, 0.2) is 170 Å². The van der Waals surface area contributed by atoms with Gasteiger partial charge in [0.15, 0.2) is 23.2 Å². The lowest BCUT2D eigenvalue weighted by Gasteiger charge is -2.16. The van der Waals surface area contributed by atoms with Gasteiger partial charge in [0.2, 0.25) is 0 Å². The van der Waals surface area contributed by atoms with Crippen LogP contribution in [-0.2, 0) is 0 Å². The standard InChI is InChI=1S/C46H28N6/c1-47-32-25-26-41-36(27-32)34-21-12-14-24-40(34)52(41)43-28-37-35-22-11-13-23-39(35)51(33-19-9-4-10-20-33)42(37)29-38(43)46-49-44(30-15-5-2-6-16-30)48-45(50-46)31-17-7-3-8-18-31/h2-29H. The number of hydrogen-bond acceptors (Lipinski definition) is 3. The lowest BCUT2D eigenvalue weighted by molar-refractivity contribution is 1.06. The molecule has 10 rings (SSSR count). The molecule has 6 heteroatoms. The average Bonchev–Trinajstić information content (AvgIpc) is 3.73. The maximum absolute atomic E-state index is 7.76. The second-order valence-electron chi connectivity index (χ2n) is 12.8. The number of benzene rings is 7. The van der Waals surface area contributed by atoms with E-state index in [4.69, 9.17) is 21.5 Å². The minimum Gasteiger partial charge on any atom is -0.309 e. The van der Waals surface area contributed by atoms with Gasteiger partial charge in [0.1, 0.15) is 0 Å². The van der Waals surface area contributed by atoms with Crippen molar-refractivity contribution in [2.24, 2.45) is 0 Å². The van der Waals surface area contributed by atoms with Crippen LogP contribution in [0.2, 0.25) is 0 Å². The van der Waals surface area contributed by atoms with Crippen LogP contribution in [0.1, 0.15) is 0 Å². The van der Waals surface area contributed by atoms with Crippen molar-refractivity contribution in [3.63, 3.8) is 0 Å². The number of hydrogen-bond donors (Lipinski definition) is 0. The number of nitrogens with zero attached hydrogens (tertiary/aromatic N) is 6. The lowest BCUT2D eigenvalue weighted by atomic mass is 10.1. The fraction of sp³-hybridized carbons (Fsp3) is 0. The topological polar surface area (TPSA) is 52.9 Å². The highest BCUT2D eigenvalue weighted by Crippen LogP contribution is 2.42. The molecule has 7 aromatic carbocycles. The van der Waals surface area contributed by atoms with Gasteiger partial charge < -0.3 is 9.13 Å². The summed E-state index contributed by atoms with van der Waals surface area (Å²) in [6.07, 6.45) is 0. The number of para-hydroxylation sites is 3. The summed E-state index contributed by atoms with van der Waals surface area (Å²) >= 11 is 0. The highest BCUT2D eigenvalue weighted by atomic mass is 15.1. The largest absolute Gasteiger partial charge is 0.309 e. The molecule has 0 fully saturated rings. The average molecular weight is 665 g/mol. The van der Waals surface area contributed by atoms with Gasteiger partial charge in [-0.15, -0.1) is 0 Å². The van der Waals surface area contributed by atoms with Crippen LogP contribution in [0.25, 0.3) is 94.0 Å². The Bertz CT molecular complexity index is 2950. The third-order valence-corrected chi connectivity index (χ3v) is 9.77. The monoisotopic (exact) mass is 664 g/mol. The van der Waals surface area contributed by atoms with Gasteiger partial charge in [-0.25, -0.2) is 19.8 Å². The van der Waals surface area contributed by atoms with E-state index >= 15 is 0 Å². The van der Waals surface area contributed by atoms with E-state index in [2.05, 4.69) is 105 Å². The first kappa shape index (κ1) is 29.5. The maximum Gasteiger partial charge on any atom is 0.188 e. The van der Waals surface area contributed by atoms with E-state index in [1.54, 1.807) is 0 Å². The molecule has 242 valence electrons. The summed E-state index contributed by atoms with van der Waals surface area (Å²) in [7, 11) is 0. The fourth-order valence-corrected chi connectivity index (χ4v) is 7.44. The Balaban J connectivity index is 1.38. The Kier molecular flexibility index (Phi) is 6.76. The molecule has 0 aliphatic carbocycles. The van der Waals surface area contributed by atoms with Crippen LogP contribution in [0.3, 0.4) is 0 Å². The van der Waals surface area contributed by atoms with E-state index in [1.165, 1.54) is 0 Å². The molecule has 0 atom stereocenters. The predicted octanol–water partition coefficient (Wildman–Crippen LogP) is 11.6. The van der Waals surface area contributed by atoms with E-state index in [0.29, 0.717) is 23.2 Å². The zero-order valence-corrected chi connectivity index (χ0v) is 27.8. The highest BCUT2D eigenvalue weighted by Gasteiger charge is 2.23.